The largest absolute Gasteiger partial charge is 0.342 e. The highest BCUT2D eigenvalue weighted by atomic mass is 32.2. The van der Waals surface area contributed by atoms with Crippen LogP contribution in [0.25, 0.3) is 0 Å². The summed E-state index contributed by atoms with van der Waals surface area (Å²) in [5.74, 6) is 1.27. The average Bonchev–Trinajstić information content (AvgIpc) is 3.40. The van der Waals surface area contributed by atoms with Crippen LogP contribution < -0.4 is 4.90 Å². The van der Waals surface area contributed by atoms with Gasteiger partial charge < -0.3 is 9.80 Å². The van der Waals surface area contributed by atoms with Gasteiger partial charge in [0.2, 0.25) is 11.8 Å². The minimum Gasteiger partial charge on any atom is -0.342 e. The van der Waals surface area contributed by atoms with E-state index in [0.717, 1.165) is 63.6 Å². The Morgan fingerprint density at radius 3 is 2.06 bits per heavy atom. The maximum Gasteiger partial charge on any atom is 0.241 e. The molecule has 3 aliphatic heterocycles. The first-order valence-corrected chi connectivity index (χ1v) is 13.0. The van der Waals surface area contributed by atoms with E-state index < -0.39 is 0 Å². The Balaban J connectivity index is 1.23. The summed E-state index contributed by atoms with van der Waals surface area (Å²) in [7, 11) is 0. The number of piperazine rings is 1. The maximum absolute atomic E-state index is 13.6. The number of rotatable bonds is 5. The lowest BCUT2D eigenvalue weighted by Crippen LogP contribution is -2.52. The highest BCUT2D eigenvalue weighted by Gasteiger charge is 2.33. The van der Waals surface area contributed by atoms with E-state index in [2.05, 4.69) is 34.1 Å². The monoisotopic (exact) mass is 464 g/mol. The quantitative estimate of drug-likeness (QED) is 0.681. The molecule has 7 heteroatoms. The molecule has 0 bridgehead atoms. The van der Waals surface area contributed by atoms with Gasteiger partial charge in [-0.1, -0.05) is 42.5 Å². The number of anilines is 1. The second-order valence-corrected chi connectivity index (χ2v) is 10.2. The summed E-state index contributed by atoms with van der Waals surface area (Å²) in [4.78, 5) is 35.8. The predicted octanol–water partition coefficient (Wildman–Crippen LogP) is 3.11. The third kappa shape index (κ3) is 5.10. The Kier molecular flexibility index (Phi) is 6.99. The number of carbonyl (C=O) groups is 2. The molecule has 0 N–H and O–H groups in total. The molecule has 6 nitrogen and oxygen atoms in total. The van der Waals surface area contributed by atoms with Crippen LogP contribution in [0.3, 0.4) is 0 Å². The van der Waals surface area contributed by atoms with Gasteiger partial charge in [0.25, 0.3) is 0 Å². The van der Waals surface area contributed by atoms with E-state index in [0.29, 0.717) is 13.1 Å². The molecule has 3 aliphatic rings. The number of carbonyl (C=O) groups excluding carboxylic acids is 2. The maximum atomic E-state index is 13.6. The Labute approximate surface area is 200 Å². The topological polar surface area (TPSA) is 47.1 Å². The fraction of sp³-hybridized carbons (Fsp3) is 0.462. The van der Waals surface area contributed by atoms with Crippen molar-refractivity contribution < 1.29 is 9.59 Å². The van der Waals surface area contributed by atoms with Crippen LogP contribution in [0, 0.1) is 0 Å². The van der Waals surface area contributed by atoms with Gasteiger partial charge in [-0.15, -0.1) is 11.8 Å². The number of nitrogens with zero attached hydrogens (tertiary/aromatic N) is 4. The molecule has 174 valence electrons. The number of para-hydroxylation sites is 1. The number of thioether (sulfide) groups is 1. The first kappa shape index (κ1) is 22.4. The molecule has 2 aromatic carbocycles. The van der Waals surface area contributed by atoms with E-state index in [4.69, 9.17) is 0 Å². The number of benzene rings is 2. The van der Waals surface area contributed by atoms with Crippen LogP contribution in [-0.2, 0) is 9.59 Å². The van der Waals surface area contributed by atoms with Gasteiger partial charge in [0.15, 0.2) is 0 Å². The van der Waals surface area contributed by atoms with Gasteiger partial charge in [0, 0.05) is 49.9 Å². The van der Waals surface area contributed by atoms with Crippen molar-refractivity contribution in [2.75, 3.05) is 63.0 Å². The normalized spacial score (nSPS) is 21.8. The van der Waals surface area contributed by atoms with Crippen molar-refractivity contribution in [3.63, 3.8) is 0 Å². The van der Waals surface area contributed by atoms with E-state index >= 15 is 0 Å². The molecule has 0 aromatic heterocycles. The minimum atomic E-state index is 0.0398. The van der Waals surface area contributed by atoms with Crippen molar-refractivity contribution in [3.8, 4) is 0 Å². The summed E-state index contributed by atoms with van der Waals surface area (Å²) in [6.07, 6.45) is 2.26. The molecule has 0 radical (unpaired) electrons. The van der Waals surface area contributed by atoms with Gasteiger partial charge in [0.05, 0.1) is 24.8 Å². The molecule has 33 heavy (non-hydrogen) atoms. The second-order valence-electron chi connectivity index (χ2n) is 9.11. The van der Waals surface area contributed by atoms with E-state index in [1.807, 2.05) is 51.9 Å². The van der Waals surface area contributed by atoms with E-state index in [1.165, 1.54) is 10.5 Å². The van der Waals surface area contributed by atoms with Gasteiger partial charge in [0.1, 0.15) is 0 Å². The molecule has 0 saturated carbocycles. The van der Waals surface area contributed by atoms with Crippen molar-refractivity contribution in [3.05, 3.63) is 60.2 Å². The molecular formula is C26H32N4O2S. The van der Waals surface area contributed by atoms with Crippen LogP contribution >= 0.6 is 11.8 Å². The molecular weight excluding hydrogens is 432 g/mol. The molecule has 5 rings (SSSR count). The van der Waals surface area contributed by atoms with Crippen LogP contribution in [0.15, 0.2) is 59.5 Å². The van der Waals surface area contributed by atoms with Crippen LogP contribution in [-0.4, -0.2) is 84.6 Å². The van der Waals surface area contributed by atoms with E-state index in [-0.39, 0.29) is 17.9 Å². The summed E-state index contributed by atoms with van der Waals surface area (Å²) >= 11 is 1.83. The number of amides is 2. The van der Waals surface area contributed by atoms with E-state index in [1.54, 1.807) is 0 Å². The van der Waals surface area contributed by atoms with Gasteiger partial charge in [-0.2, -0.15) is 0 Å². The lowest BCUT2D eigenvalue weighted by Gasteiger charge is -2.39. The van der Waals surface area contributed by atoms with Crippen LogP contribution in [0.5, 0.6) is 0 Å². The fourth-order valence-corrected chi connectivity index (χ4v) is 6.22. The third-order valence-corrected chi connectivity index (χ3v) is 8.07. The second kappa shape index (κ2) is 10.3. The minimum absolute atomic E-state index is 0.0398. The molecule has 1 atom stereocenters. The first-order chi connectivity index (χ1) is 16.2. The summed E-state index contributed by atoms with van der Waals surface area (Å²) < 4.78 is 0. The van der Waals surface area contributed by atoms with Gasteiger partial charge in [-0.3, -0.25) is 19.4 Å². The molecule has 2 aromatic rings. The van der Waals surface area contributed by atoms with Crippen molar-refractivity contribution in [1.29, 1.82) is 0 Å². The van der Waals surface area contributed by atoms with Crippen molar-refractivity contribution in [1.82, 2.24) is 14.7 Å². The molecule has 0 aliphatic carbocycles. The number of hydrogen-bond donors (Lipinski definition) is 0. The Morgan fingerprint density at radius 2 is 1.36 bits per heavy atom. The summed E-state index contributed by atoms with van der Waals surface area (Å²) in [6.45, 7) is 6.04. The van der Waals surface area contributed by atoms with Crippen LogP contribution in [0.2, 0.25) is 0 Å². The molecule has 2 amide bonds. The Morgan fingerprint density at radius 1 is 0.758 bits per heavy atom. The number of hydrogen-bond acceptors (Lipinski definition) is 5. The highest BCUT2D eigenvalue weighted by molar-refractivity contribution is 7.99. The van der Waals surface area contributed by atoms with Crippen molar-refractivity contribution >= 4 is 29.3 Å². The molecule has 3 heterocycles. The van der Waals surface area contributed by atoms with Crippen LogP contribution in [0.4, 0.5) is 5.69 Å². The smallest absolute Gasteiger partial charge is 0.241 e. The first-order valence-electron chi connectivity index (χ1n) is 12.0. The Hall–Kier alpha value is -2.35. The van der Waals surface area contributed by atoms with Gasteiger partial charge >= 0.3 is 0 Å². The van der Waals surface area contributed by atoms with E-state index in [9.17, 15) is 9.59 Å². The molecule has 0 unspecified atom stereocenters. The highest BCUT2D eigenvalue weighted by Crippen LogP contribution is 2.43. The molecule has 0 spiro atoms. The van der Waals surface area contributed by atoms with Crippen LogP contribution in [0.1, 0.15) is 24.4 Å². The summed E-state index contributed by atoms with van der Waals surface area (Å²) in [5, 5.41) is 0. The zero-order chi connectivity index (χ0) is 22.6. The lowest BCUT2D eigenvalue weighted by atomic mass is 10.1. The zero-order valence-electron chi connectivity index (χ0n) is 19.1. The standard InChI is InChI=1S/C26H32N4O2S/c31-25(29-12-6-7-13-29)18-27-14-16-28(17-15-27)19-26(32)30-22-10-4-5-11-24(22)33-20-23(30)21-8-2-1-3-9-21/h1-5,8-11,23H,6-7,12-20H2/t23-/m0/s1. The average molecular weight is 465 g/mol. The molecule has 2 saturated heterocycles. The Bertz CT molecular complexity index is 971. The van der Waals surface area contributed by atoms with Crippen molar-refractivity contribution in [2.45, 2.75) is 23.8 Å². The fourth-order valence-electron chi connectivity index (χ4n) is 5.05. The molecule has 2 fully saturated rings. The summed E-state index contributed by atoms with van der Waals surface area (Å²) in [5.41, 5.74) is 2.19. The van der Waals surface area contributed by atoms with Gasteiger partial charge in [-0.05, 0) is 30.5 Å². The predicted molar refractivity (Wildman–Crippen MR) is 133 cm³/mol. The lowest BCUT2D eigenvalue weighted by molar-refractivity contribution is -0.132. The third-order valence-electron chi connectivity index (χ3n) is 6.93. The van der Waals surface area contributed by atoms with Crippen molar-refractivity contribution in [2.24, 2.45) is 0 Å². The summed E-state index contributed by atoms with van der Waals surface area (Å²) in [6, 6.07) is 18.6. The zero-order valence-corrected chi connectivity index (χ0v) is 19.9. The number of fused-ring (bicyclic) bond motifs is 1. The SMILES string of the molecule is O=C(CN1CCN(CC(=O)N2c3ccccc3SC[C@H]2c2ccccc2)CC1)N1CCCC1. The number of likely N-dealkylation sites (tertiary alicyclic amines) is 1. The van der Waals surface area contributed by atoms with Gasteiger partial charge in [-0.25, -0.2) is 0 Å².